The predicted molar refractivity (Wildman–Crippen MR) is 144 cm³/mol. The first-order chi connectivity index (χ1) is 17.2. The standard InChI is InChI=1S/C30H41N3O3/c1-24(20-30(2,3)4)18-29(34)33(16-9-15-32-17-14-31-23-32)21-26-12-13-27(28(19-26)35-5)36-22-25-10-7-6-8-11-25/h6-8,10-14,17,19,23-24H,9,15-16,18,20-22H2,1-5H3. The van der Waals surface area contributed by atoms with E-state index in [4.69, 9.17) is 9.47 Å². The van der Waals surface area contributed by atoms with Crippen molar-refractivity contribution in [3.63, 3.8) is 0 Å². The lowest BCUT2D eigenvalue weighted by Crippen LogP contribution is -2.33. The van der Waals surface area contributed by atoms with Gasteiger partial charge < -0.3 is 18.9 Å². The molecule has 0 bridgehead atoms. The van der Waals surface area contributed by atoms with E-state index in [1.54, 1.807) is 13.3 Å². The van der Waals surface area contributed by atoms with Crippen LogP contribution in [0.25, 0.3) is 0 Å². The van der Waals surface area contributed by atoms with Crippen molar-refractivity contribution in [2.45, 2.75) is 66.7 Å². The van der Waals surface area contributed by atoms with Gasteiger partial charge in [0.05, 0.1) is 13.4 Å². The number of nitrogens with zero attached hydrogens (tertiary/aromatic N) is 3. The van der Waals surface area contributed by atoms with E-state index in [9.17, 15) is 4.79 Å². The fourth-order valence-electron chi connectivity index (χ4n) is 4.59. The summed E-state index contributed by atoms with van der Waals surface area (Å²) in [5, 5.41) is 0. The lowest BCUT2D eigenvalue weighted by Gasteiger charge is -2.27. The molecule has 6 nitrogen and oxygen atoms in total. The summed E-state index contributed by atoms with van der Waals surface area (Å²) in [4.78, 5) is 19.5. The average molecular weight is 492 g/mol. The van der Waals surface area contributed by atoms with Crippen LogP contribution < -0.4 is 9.47 Å². The molecule has 1 amide bonds. The predicted octanol–water partition coefficient (Wildman–Crippen LogP) is 6.35. The summed E-state index contributed by atoms with van der Waals surface area (Å²) in [7, 11) is 1.65. The van der Waals surface area contributed by atoms with Gasteiger partial charge in [0, 0.05) is 38.4 Å². The minimum Gasteiger partial charge on any atom is -0.493 e. The van der Waals surface area contributed by atoms with Crippen molar-refractivity contribution in [3.8, 4) is 11.5 Å². The molecule has 0 spiro atoms. The molecule has 0 radical (unpaired) electrons. The molecule has 3 rings (SSSR count). The fourth-order valence-corrected chi connectivity index (χ4v) is 4.59. The summed E-state index contributed by atoms with van der Waals surface area (Å²) in [6.45, 7) is 11.4. The van der Waals surface area contributed by atoms with E-state index in [0.29, 0.717) is 43.5 Å². The van der Waals surface area contributed by atoms with Gasteiger partial charge in [0.1, 0.15) is 6.61 Å². The van der Waals surface area contributed by atoms with Crippen LogP contribution in [0.15, 0.2) is 67.3 Å². The topological polar surface area (TPSA) is 56.6 Å². The number of benzene rings is 2. The zero-order valence-corrected chi connectivity index (χ0v) is 22.4. The van der Waals surface area contributed by atoms with Crippen LogP contribution in [0.4, 0.5) is 0 Å². The van der Waals surface area contributed by atoms with Gasteiger partial charge in [-0.25, -0.2) is 4.98 Å². The molecule has 36 heavy (non-hydrogen) atoms. The highest BCUT2D eigenvalue weighted by molar-refractivity contribution is 5.76. The summed E-state index contributed by atoms with van der Waals surface area (Å²) in [6, 6.07) is 16.0. The molecule has 0 fully saturated rings. The maximum Gasteiger partial charge on any atom is 0.223 e. The van der Waals surface area contributed by atoms with Gasteiger partial charge in [-0.3, -0.25) is 4.79 Å². The van der Waals surface area contributed by atoms with E-state index in [0.717, 1.165) is 30.5 Å². The second kappa shape index (κ2) is 13.1. The van der Waals surface area contributed by atoms with Crippen LogP contribution in [0, 0.1) is 11.3 Å². The number of hydrogen-bond acceptors (Lipinski definition) is 4. The Labute approximate surface area is 216 Å². The average Bonchev–Trinajstić information content (AvgIpc) is 3.35. The molecule has 0 aliphatic carbocycles. The maximum absolute atomic E-state index is 13.4. The fraction of sp³-hybridized carbons (Fsp3) is 0.467. The van der Waals surface area contributed by atoms with Crippen LogP contribution in [-0.2, 0) is 24.5 Å². The SMILES string of the molecule is COc1cc(CN(CCCn2ccnc2)C(=O)CC(C)CC(C)(C)C)ccc1OCc1ccccc1. The number of carbonyl (C=O) groups excluding carboxylic acids is 1. The van der Waals surface area contributed by atoms with Crippen molar-refractivity contribution in [2.75, 3.05) is 13.7 Å². The summed E-state index contributed by atoms with van der Waals surface area (Å²) < 4.78 is 13.7. The first-order valence-corrected chi connectivity index (χ1v) is 12.8. The van der Waals surface area contributed by atoms with Gasteiger partial charge in [0.25, 0.3) is 0 Å². The molecule has 0 aliphatic rings. The number of methoxy groups -OCH3 is 1. The molecule has 0 N–H and O–H groups in total. The lowest BCUT2D eigenvalue weighted by atomic mass is 9.84. The highest BCUT2D eigenvalue weighted by atomic mass is 16.5. The van der Waals surface area contributed by atoms with Crippen LogP contribution >= 0.6 is 0 Å². The van der Waals surface area contributed by atoms with Crippen molar-refractivity contribution in [2.24, 2.45) is 11.3 Å². The van der Waals surface area contributed by atoms with Gasteiger partial charge in [-0.05, 0) is 47.4 Å². The number of aromatic nitrogens is 2. The molecule has 0 saturated carbocycles. The normalized spacial score (nSPS) is 12.2. The molecule has 0 saturated heterocycles. The molecule has 6 heteroatoms. The van der Waals surface area contributed by atoms with E-state index >= 15 is 0 Å². The first-order valence-electron chi connectivity index (χ1n) is 12.8. The summed E-state index contributed by atoms with van der Waals surface area (Å²) in [6.07, 6.45) is 7.99. The monoisotopic (exact) mass is 491 g/mol. The minimum atomic E-state index is 0.195. The molecule has 194 valence electrons. The Kier molecular flexibility index (Phi) is 9.97. The van der Waals surface area contributed by atoms with Crippen molar-refractivity contribution >= 4 is 5.91 Å². The van der Waals surface area contributed by atoms with Crippen LogP contribution in [0.3, 0.4) is 0 Å². The molecular formula is C30H41N3O3. The highest BCUT2D eigenvalue weighted by Gasteiger charge is 2.21. The Bertz CT molecular complexity index is 1060. The molecule has 1 unspecified atom stereocenters. The van der Waals surface area contributed by atoms with Crippen molar-refractivity contribution < 1.29 is 14.3 Å². The minimum absolute atomic E-state index is 0.195. The second-order valence-corrected chi connectivity index (χ2v) is 10.8. The van der Waals surface area contributed by atoms with E-state index in [1.165, 1.54) is 0 Å². The smallest absolute Gasteiger partial charge is 0.223 e. The Morgan fingerprint density at radius 1 is 1.08 bits per heavy atom. The Morgan fingerprint density at radius 3 is 2.53 bits per heavy atom. The zero-order valence-electron chi connectivity index (χ0n) is 22.4. The van der Waals surface area contributed by atoms with E-state index in [-0.39, 0.29) is 11.3 Å². The number of rotatable bonds is 13. The quantitative estimate of drug-likeness (QED) is 0.279. The van der Waals surface area contributed by atoms with E-state index < -0.39 is 0 Å². The summed E-state index contributed by atoms with van der Waals surface area (Å²) >= 11 is 0. The molecule has 1 atom stereocenters. The maximum atomic E-state index is 13.4. The van der Waals surface area contributed by atoms with Crippen LogP contribution in [0.2, 0.25) is 0 Å². The third-order valence-corrected chi connectivity index (χ3v) is 6.08. The van der Waals surface area contributed by atoms with Gasteiger partial charge in [-0.15, -0.1) is 0 Å². The van der Waals surface area contributed by atoms with Crippen molar-refractivity contribution in [1.82, 2.24) is 14.5 Å². The number of hydrogen-bond donors (Lipinski definition) is 0. The van der Waals surface area contributed by atoms with Gasteiger partial charge in [0.15, 0.2) is 11.5 Å². The number of carbonyl (C=O) groups is 1. The van der Waals surface area contributed by atoms with Gasteiger partial charge in [0.2, 0.25) is 5.91 Å². The second-order valence-electron chi connectivity index (χ2n) is 10.8. The molecule has 1 aromatic heterocycles. The van der Waals surface area contributed by atoms with E-state index in [2.05, 4.69) is 32.7 Å². The van der Waals surface area contributed by atoms with Gasteiger partial charge >= 0.3 is 0 Å². The molecule has 3 aromatic rings. The molecule has 0 aliphatic heterocycles. The number of imidazole rings is 1. The van der Waals surface area contributed by atoms with Gasteiger partial charge in [-0.2, -0.15) is 0 Å². The molecule has 1 heterocycles. The number of ether oxygens (including phenoxy) is 2. The van der Waals surface area contributed by atoms with Crippen molar-refractivity contribution in [1.29, 1.82) is 0 Å². The van der Waals surface area contributed by atoms with Gasteiger partial charge in [-0.1, -0.05) is 64.1 Å². The van der Waals surface area contributed by atoms with Crippen LogP contribution in [-0.4, -0.2) is 34.0 Å². The Balaban J connectivity index is 1.68. The third kappa shape index (κ3) is 9.06. The van der Waals surface area contributed by atoms with E-state index in [1.807, 2.05) is 70.5 Å². The third-order valence-electron chi connectivity index (χ3n) is 6.08. The Hall–Kier alpha value is -3.28. The lowest BCUT2D eigenvalue weighted by molar-refractivity contribution is -0.133. The highest BCUT2D eigenvalue weighted by Crippen LogP contribution is 2.30. The molecular weight excluding hydrogens is 450 g/mol. The summed E-state index contributed by atoms with van der Waals surface area (Å²) in [5.41, 5.74) is 2.33. The number of aryl methyl sites for hydroxylation is 1. The van der Waals surface area contributed by atoms with Crippen LogP contribution in [0.5, 0.6) is 11.5 Å². The zero-order chi connectivity index (χ0) is 26.0. The molecule has 2 aromatic carbocycles. The largest absolute Gasteiger partial charge is 0.493 e. The summed E-state index contributed by atoms with van der Waals surface area (Å²) in [5.74, 6) is 1.90. The first kappa shape index (κ1) is 27.3. The van der Waals surface area contributed by atoms with Crippen molar-refractivity contribution in [3.05, 3.63) is 78.4 Å². The Morgan fingerprint density at radius 2 is 1.86 bits per heavy atom. The number of amides is 1. The van der Waals surface area contributed by atoms with Crippen LogP contribution in [0.1, 0.15) is 58.1 Å².